The Morgan fingerprint density at radius 2 is 2.09 bits per heavy atom. The van der Waals surface area contributed by atoms with Gasteiger partial charge in [-0.25, -0.2) is 0 Å². The van der Waals surface area contributed by atoms with Crippen molar-refractivity contribution in [2.75, 3.05) is -1.36 Å². The second-order valence-corrected chi connectivity index (χ2v) is 4.72. The molecule has 1 heterocycles. The average molecular weight is 218 g/mol. The van der Waals surface area contributed by atoms with Crippen molar-refractivity contribution in [3.8, 4) is 5.75 Å². The van der Waals surface area contributed by atoms with Gasteiger partial charge >= 0.3 is 108 Å². The Bertz CT molecular complexity index is 311. The van der Waals surface area contributed by atoms with Gasteiger partial charge in [-0.2, -0.15) is 0 Å². The summed E-state index contributed by atoms with van der Waals surface area (Å²) in [4.78, 5) is 0. The minimum atomic E-state index is 0.401. The van der Waals surface area contributed by atoms with E-state index >= 15 is 0 Å². The van der Waals surface area contributed by atoms with Crippen molar-refractivity contribution in [1.82, 2.24) is 0 Å². The van der Waals surface area contributed by atoms with Crippen molar-refractivity contribution in [2.24, 2.45) is 0 Å². The Labute approximate surface area is 106 Å². The van der Waals surface area contributed by atoms with Crippen LogP contribution in [0.5, 0.6) is 5.75 Å². The first kappa shape index (κ1) is 7.99. The topological polar surface area (TPSA) is 12.5 Å². The van der Waals surface area contributed by atoms with E-state index < -0.39 is 0 Å². The molecule has 2 rings (SSSR count). The van der Waals surface area contributed by atoms with Crippen LogP contribution >= 0.6 is 0 Å². The van der Waals surface area contributed by atoms with Crippen LogP contribution in [-0.2, 0) is 0 Å². The van der Waals surface area contributed by atoms with E-state index in [2.05, 4.69) is 11.3 Å². The Kier molecular flexibility index (Phi) is 2.19. The summed E-state index contributed by atoms with van der Waals surface area (Å²) in [6.45, 7) is 3.81. The zero-order valence-corrected chi connectivity index (χ0v) is 11.3. The molecule has 0 atom stereocenters. The third-order valence-corrected chi connectivity index (χ3v) is 4.24. The Balaban J connectivity index is 2.55. The number of hydrogen-bond donors (Lipinski definition) is 0. The molecule has 50 valence electrons. The van der Waals surface area contributed by atoms with Crippen molar-refractivity contribution in [2.45, 2.75) is 0 Å². The molecule has 0 spiro atoms. The van der Waals surface area contributed by atoms with E-state index in [0.29, 0.717) is 56.0 Å². The van der Waals surface area contributed by atoms with Gasteiger partial charge in [0.05, 0.1) is 0 Å². The van der Waals surface area contributed by atoms with Gasteiger partial charge in [-0.1, -0.05) is 0 Å². The molecule has 3 heteroatoms. The van der Waals surface area contributed by atoms with E-state index in [1.54, 1.807) is 0 Å². The van der Waals surface area contributed by atoms with Crippen LogP contribution in [0.25, 0.3) is 0 Å². The van der Waals surface area contributed by atoms with Crippen molar-refractivity contribution in [3.63, 3.8) is 0 Å². The number of anilines is 1. The normalized spacial score (nSPS) is 14.7. The van der Waals surface area contributed by atoms with Gasteiger partial charge in [-0.3, -0.25) is 0 Å². The second kappa shape index (κ2) is 3.01. The molecule has 0 unspecified atom stereocenters. The van der Waals surface area contributed by atoms with Crippen LogP contribution in [0.15, 0.2) is 36.7 Å². The van der Waals surface area contributed by atoms with Crippen LogP contribution in [0.3, 0.4) is 0 Å². The van der Waals surface area contributed by atoms with Crippen LogP contribution in [0.4, 0.5) is 5.69 Å². The minimum absolute atomic E-state index is 0.401. The molecule has 0 aliphatic carbocycles. The molecule has 1 aromatic carbocycles. The molecule has 1 aromatic rings. The first-order valence-corrected chi connectivity index (χ1v) is 5.68. The van der Waals surface area contributed by atoms with Crippen molar-refractivity contribution < 1.29 is 4.74 Å². The molecular formula is C8H6NORb. The second-order valence-electron chi connectivity index (χ2n) is 2.52. The van der Waals surface area contributed by atoms with Crippen molar-refractivity contribution in [1.29, 1.82) is 0 Å². The van der Waals surface area contributed by atoms with E-state index in [1.165, 1.54) is 5.69 Å². The molecule has 0 saturated carbocycles. The van der Waals surface area contributed by atoms with Gasteiger partial charge in [0.25, 0.3) is 0 Å². The van der Waals surface area contributed by atoms with Crippen LogP contribution in [0, 0.1) is 0 Å². The zero-order valence-electron chi connectivity index (χ0n) is 6.37. The third kappa shape index (κ3) is 1.33. The first-order valence-electron chi connectivity index (χ1n) is 3.48. The molecule has 0 amide bonds. The summed E-state index contributed by atoms with van der Waals surface area (Å²) in [5.41, 5.74) is 1.17. The van der Waals surface area contributed by atoms with E-state index in [9.17, 15) is 0 Å². The molecule has 0 fully saturated rings. The number of fused-ring (bicyclic) bond motifs is 1. The molecule has 11 heavy (non-hydrogen) atoms. The zero-order chi connectivity index (χ0) is 7.84. The predicted octanol–water partition coefficient (Wildman–Crippen LogP) is 1.44. The van der Waals surface area contributed by atoms with Gasteiger partial charge in [0.2, 0.25) is 0 Å². The van der Waals surface area contributed by atoms with Crippen LogP contribution < -0.4 is 3.38 Å². The van der Waals surface area contributed by atoms with Crippen LogP contribution in [-0.4, -0.2) is 56.0 Å². The monoisotopic (exact) mass is 217 g/mol. The van der Waals surface area contributed by atoms with Gasteiger partial charge < -0.3 is 0 Å². The summed E-state index contributed by atoms with van der Waals surface area (Å²) in [5.74, 6) is 1.72. The Morgan fingerprint density at radius 3 is 2.82 bits per heavy atom. The summed E-state index contributed by atoms with van der Waals surface area (Å²) in [6, 6.07) is 8.02. The number of para-hydroxylation sites is 2. The quantitative estimate of drug-likeness (QED) is 0.652. The van der Waals surface area contributed by atoms with E-state index in [4.69, 9.17) is 4.74 Å². The Morgan fingerprint density at radius 1 is 1.36 bits per heavy atom. The van der Waals surface area contributed by atoms with Gasteiger partial charge in [0, 0.05) is 0 Å². The predicted molar refractivity (Wildman–Crippen MR) is 44.4 cm³/mol. The van der Waals surface area contributed by atoms with Gasteiger partial charge in [-0.05, 0) is 0 Å². The van der Waals surface area contributed by atoms with E-state index in [-0.39, 0.29) is 0 Å². The summed E-state index contributed by atoms with van der Waals surface area (Å²) < 4.78 is 7.54. The molecule has 0 radical (unpaired) electrons. The summed E-state index contributed by atoms with van der Waals surface area (Å²) in [7, 11) is 0. The molecule has 0 bridgehead atoms. The maximum absolute atomic E-state index is 5.40. The number of hydrogen-bond acceptors (Lipinski definition) is 2. The molecular weight excluding hydrogens is 212 g/mol. The van der Waals surface area contributed by atoms with E-state index in [1.807, 2.05) is 18.2 Å². The van der Waals surface area contributed by atoms with Gasteiger partial charge in [0.15, 0.2) is 0 Å². The third-order valence-electron chi connectivity index (χ3n) is 1.83. The fourth-order valence-corrected chi connectivity index (χ4v) is 2.28. The fraction of sp³-hybridized carbons (Fsp3) is 0. The van der Waals surface area contributed by atoms with Crippen LogP contribution in [0.2, 0.25) is 0 Å². The average Bonchev–Trinajstić information content (AvgIpc) is 2.30. The summed E-state index contributed by atoms with van der Waals surface area (Å²) >= 11 is 0.401. The molecule has 0 N–H and O–H groups in total. The molecule has 0 saturated heterocycles. The van der Waals surface area contributed by atoms with Crippen molar-refractivity contribution >= 4 is 61.7 Å². The number of ether oxygens (including phenoxy) is 1. The van der Waals surface area contributed by atoms with E-state index in [0.717, 1.165) is 11.6 Å². The standard InChI is InChI=1S/C8H6NO.Rb/c1-6-9-7-4-2-3-5-8(7)10-6;/h2-5H,1H2;/q-1;+1. The molecule has 0 aromatic heterocycles. The molecule has 2 nitrogen and oxygen atoms in total. The first-order chi connectivity index (χ1) is 5.29. The van der Waals surface area contributed by atoms with Gasteiger partial charge in [0.1, 0.15) is 0 Å². The molecule has 1 aliphatic rings. The van der Waals surface area contributed by atoms with Crippen LogP contribution in [0.1, 0.15) is 0 Å². The SMILES string of the molecule is C=C1Oc2ccccc2[N]1[Rb]. The number of benzene rings is 1. The Hall–Kier alpha value is 0.365. The van der Waals surface area contributed by atoms with Crippen molar-refractivity contribution in [3.05, 3.63) is 36.7 Å². The summed E-state index contributed by atoms with van der Waals surface area (Å²) in [6.07, 6.45) is 0. The molecule has 1 aliphatic heterocycles. The summed E-state index contributed by atoms with van der Waals surface area (Å²) in [5, 5.41) is 0. The van der Waals surface area contributed by atoms with Gasteiger partial charge in [-0.15, -0.1) is 0 Å². The fourth-order valence-electron chi connectivity index (χ4n) is 1.15. The number of rotatable bonds is 0. The number of nitrogens with zero attached hydrogens (tertiary/aromatic N) is 1. The maximum atomic E-state index is 5.40.